The standard InChI is InChI=1S/C19H25N5O/c25-18(23-12-6-17(7-13-23)24-15-21-14-22-24)19(8-10-20-11-9-19)16-4-2-1-3-5-16/h1-5,14-15,17,20H,6-13H2. The van der Waals surface area contributed by atoms with Gasteiger partial charge in [0.2, 0.25) is 5.91 Å². The second-order valence-corrected chi connectivity index (χ2v) is 7.10. The van der Waals surface area contributed by atoms with E-state index in [4.69, 9.17) is 0 Å². The van der Waals surface area contributed by atoms with Crippen molar-refractivity contribution in [2.75, 3.05) is 26.2 Å². The van der Waals surface area contributed by atoms with Gasteiger partial charge in [0.25, 0.3) is 0 Å². The van der Waals surface area contributed by atoms with Gasteiger partial charge in [0.15, 0.2) is 0 Å². The van der Waals surface area contributed by atoms with Gasteiger partial charge < -0.3 is 10.2 Å². The Morgan fingerprint density at radius 1 is 1.12 bits per heavy atom. The third-order valence-electron chi connectivity index (χ3n) is 5.76. The number of hydrogen-bond donors (Lipinski definition) is 1. The van der Waals surface area contributed by atoms with Crippen molar-refractivity contribution in [3.8, 4) is 0 Å². The minimum absolute atomic E-state index is 0.303. The monoisotopic (exact) mass is 339 g/mol. The number of rotatable bonds is 3. The Balaban J connectivity index is 1.52. The van der Waals surface area contributed by atoms with Crippen LogP contribution in [0.1, 0.15) is 37.3 Å². The number of carbonyl (C=O) groups is 1. The maximum Gasteiger partial charge on any atom is 0.233 e. The van der Waals surface area contributed by atoms with Gasteiger partial charge in [-0.2, -0.15) is 5.10 Å². The fourth-order valence-corrected chi connectivity index (χ4v) is 4.28. The van der Waals surface area contributed by atoms with Gasteiger partial charge in [0.05, 0.1) is 11.5 Å². The van der Waals surface area contributed by atoms with Gasteiger partial charge in [0, 0.05) is 13.1 Å². The smallest absolute Gasteiger partial charge is 0.233 e. The van der Waals surface area contributed by atoms with E-state index >= 15 is 0 Å². The lowest BCUT2D eigenvalue weighted by Crippen LogP contribution is -2.53. The third-order valence-corrected chi connectivity index (χ3v) is 5.76. The SMILES string of the molecule is O=C(N1CCC(n2cncn2)CC1)C1(c2ccccc2)CCNCC1. The van der Waals surface area contributed by atoms with Crippen molar-refractivity contribution in [2.45, 2.75) is 37.1 Å². The maximum atomic E-state index is 13.5. The van der Waals surface area contributed by atoms with Crippen LogP contribution in [0.15, 0.2) is 43.0 Å². The highest BCUT2D eigenvalue weighted by molar-refractivity contribution is 5.88. The van der Waals surface area contributed by atoms with E-state index in [0.717, 1.165) is 51.9 Å². The minimum atomic E-state index is -0.368. The predicted molar refractivity (Wildman–Crippen MR) is 95.1 cm³/mol. The molecule has 132 valence electrons. The molecule has 0 unspecified atom stereocenters. The molecule has 0 atom stereocenters. The number of amides is 1. The van der Waals surface area contributed by atoms with Crippen LogP contribution in [0.25, 0.3) is 0 Å². The first-order valence-electron chi connectivity index (χ1n) is 9.19. The summed E-state index contributed by atoms with van der Waals surface area (Å²) in [4.78, 5) is 19.6. The van der Waals surface area contributed by atoms with E-state index in [1.54, 1.807) is 12.7 Å². The van der Waals surface area contributed by atoms with Crippen molar-refractivity contribution in [2.24, 2.45) is 0 Å². The first-order chi connectivity index (χ1) is 12.3. The summed E-state index contributed by atoms with van der Waals surface area (Å²) >= 11 is 0. The van der Waals surface area contributed by atoms with Gasteiger partial charge in [-0.15, -0.1) is 0 Å². The first kappa shape index (κ1) is 16.3. The van der Waals surface area contributed by atoms with Crippen LogP contribution in [0.5, 0.6) is 0 Å². The molecule has 1 N–H and O–H groups in total. The van der Waals surface area contributed by atoms with Crippen LogP contribution in [-0.4, -0.2) is 51.8 Å². The van der Waals surface area contributed by atoms with Crippen molar-refractivity contribution in [1.82, 2.24) is 25.0 Å². The highest BCUT2D eigenvalue weighted by atomic mass is 16.2. The average Bonchev–Trinajstić information content (AvgIpc) is 3.24. The van der Waals surface area contributed by atoms with Crippen LogP contribution < -0.4 is 5.32 Å². The summed E-state index contributed by atoms with van der Waals surface area (Å²) < 4.78 is 1.93. The number of benzene rings is 1. The molecular weight excluding hydrogens is 314 g/mol. The second-order valence-electron chi connectivity index (χ2n) is 7.10. The predicted octanol–water partition coefficient (Wildman–Crippen LogP) is 1.76. The van der Waals surface area contributed by atoms with E-state index < -0.39 is 0 Å². The van der Waals surface area contributed by atoms with E-state index in [0.29, 0.717) is 11.9 Å². The highest BCUT2D eigenvalue weighted by Gasteiger charge is 2.44. The molecule has 3 heterocycles. The zero-order valence-electron chi connectivity index (χ0n) is 14.5. The normalized spacial score (nSPS) is 21.2. The van der Waals surface area contributed by atoms with E-state index in [9.17, 15) is 4.79 Å². The lowest BCUT2D eigenvalue weighted by atomic mass is 9.71. The summed E-state index contributed by atoms with van der Waals surface area (Å²) in [6.45, 7) is 3.39. The van der Waals surface area contributed by atoms with Crippen LogP contribution >= 0.6 is 0 Å². The molecule has 2 aromatic rings. The first-order valence-corrected chi connectivity index (χ1v) is 9.19. The van der Waals surface area contributed by atoms with Crippen LogP contribution in [0.4, 0.5) is 0 Å². The molecule has 2 aliphatic rings. The third kappa shape index (κ3) is 3.06. The molecule has 0 radical (unpaired) electrons. The van der Waals surface area contributed by atoms with Gasteiger partial charge in [-0.1, -0.05) is 30.3 Å². The average molecular weight is 339 g/mol. The molecule has 0 bridgehead atoms. The van der Waals surface area contributed by atoms with Crippen molar-refractivity contribution in [3.63, 3.8) is 0 Å². The maximum absolute atomic E-state index is 13.5. The number of aromatic nitrogens is 3. The Morgan fingerprint density at radius 2 is 1.84 bits per heavy atom. The van der Waals surface area contributed by atoms with Gasteiger partial charge in [-0.25, -0.2) is 9.67 Å². The molecule has 2 aliphatic heterocycles. The van der Waals surface area contributed by atoms with Gasteiger partial charge in [-0.05, 0) is 44.3 Å². The molecule has 0 spiro atoms. The molecule has 6 heteroatoms. The van der Waals surface area contributed by atoms with Crippen LogP contribution in [0.3, 0.4) is 0 Å². The summed E-state index contributed by atoms with van der Waals surface area (Å²) in [6, 6.07) is 10.7. The van der Waals surface area contributed by atoms with E-state index in [-0.39, 0.29) is 5.41 Å². The number of carbonyl (C=O) groups excluding carboxylic acids is 1. The molecule has 0 saturated carbocycles. The molecule has 1 aromatic heterocycles. The number of nitrogens with zero attached hydrogens (tertiary/aromatic N) is 4. The zero-order valence-corrected chi connectivity index (χ0v) is 14.5. The van der Waals surface area contributed by atoms with Crippen molar-refractivity contribution >= 4 is 5.91 Å². The van der Waals surface area contributed by atoms with Crippen molar-refractivity contribution < 1.29 is 4.79 Å². The summed E-state index contributed by atoms with van der Waals surface area (Å²) in [5.74, 6) is 0.303. The Hall–Kier alpha value is -2.21. The van der Waals surface area contributed by atoms with Crippen molar-refractivity contribution in [3.05, 3.63) is 48.5 Å². The minimum Gasteiger partial charge on any atom is -0.342 e. The summed E-state index contributed by atoms with van der Waals surface area (Å²) in [5.41, 5.74) is 0.798. The number of piperidine rings is 2. The highest BCUT2D eigenvalue weighted by Crippen LogP contribution is 2.36. The number of hydrogen-bond acceptors (Lipinski definition) is 4. The Morgan fingerprint density at radius 3 is 2.48 bits per heavy atom. The topological polar surface area (TPSA) is 63.1 Å². The Kier molecular flexibility index (Phi) is 4.53. The van der Waals surface area contributed by atoms with E-state index in [1.165, 1.54) is 5.56 Å². The molecule has 25 heavy (non-hydrogen) atoms. The lowest BCUT2D eigenvalue weighted by molar-refractivity contribution is -0.140. The summed E-state index contributed by atoms with van der Waals surface area (Å²) in [7, 11) is 0. The number of nitrogens with one attached hydrogen (secondary N) is 1. The molecule has 1 aromatic carbocycles. The molecule has 2 saturated heterocycles. The van der Waals surface area contributed by atoms with E-state index in [2.05, 4.69) is 32.4 Å². The summed E-state index contributed by atoms with van der Waals surface area (Å²) in [6.07, 6.45) is 6.99. The molecular formula is C19H25N5O. The molecule has 4 rings (SSSR count). The second kappa shape index (κ2) is 6.96. The largest absolute Gasteiger partial charge is 0.342 e. The quantitative estimate of drug-likeness (QED) is 0.926. The lowest BCUT2D eigenvalue weighted by Gasteiger charge is -2.42. The summed E-state index contributed by atoms with van der Waals surface area (Å²) in [5, 5.41) is 7.66. The van der Waals surface area contributed by atoms with Gasteiger partial charge in [-0.3, -0.25) is 4.79 Å². The number of likely N-dealkylation sites (tertiary alicyclic amines) is 1. The van der Waals surface area contributed by atoms with Crippen molar-refractivity contribution in [1.29, 1.82) is 0 Å². The molecule has 2 fully saturated rings. The fourth-order valence-electron chi connectivity index (χ4n) is 4.28. The molecule has 1 amide bonds. The zero-order chi connectivity index (χ0) is 17.1. The van der Waals surface area contributed by atoms with Gasteiger partial charge >= 0.3 is 0 Å². The molecule has 6 nitrogen and oxygen atoms in total. The Labute approximate surface area is 148 Å². The molecule has 0 aliphatic carbocycles. The van der Waals surface area contributed by atoms with E-state index in [1.807, 2.05) is 22.9 Å². The fraction of sp³-hybridized carbons (Fsp3) is 0.526. The Bertz CT molecular complexity index is 686. The van der Waals surface area contributed by atoms with Crippen LogP contribution in [0, 0.1) is 0 Å². The van der Waals surface area contributed by atoms with Crippen LogP contribution in [-0.2, 0) is 10.2 Å². The van der Waals surface area contributed by atoms with Gasteiger partial charge in [0.1, 0.15) is 12.7 Å². The van der Waals surface area contributed by atoms with Crippen LogP contribution in [0.2, 0.25) is 0 Å².